The highest BCUT2D eigenvalue weighted by Gasteiger charge is 2.26. The maximum atomic E-state index is 13.7. The minimum Gasteiger partial charge on any atom is -0.335 e. The fraction of sp³-hybridized carbons (Fsp3) is 0.172. The van der Waals surface area contributed by atoms with Crippen LogP contribution in [0.3, 0.4) is 0 Å². The number of amides is 1. The van der Waals surface area contributed by atoms with Crippen molar-refractivity contribution in [1.82, 2.24) is 19.6 Å². The van der Waals surface area contributed by atoms with E-state index in [1.807, 2.05) is 18.2 Å². The number of nitrogens with zero attached hydrogens (tertiary/aromatic N) is 5. The number of benzene rings is 3. The average molecular weight is 512 g/mol. The van der Waals surface area contributed by atoms with Crippen LogP contribution in [0.4, 0.5) is 10.1 Å². The van der Waals surface area contributed by atoms with Crippen LogP contribution in [0.25, 0.3) is 23.0 Å². The van der Waals surface area contributed by atoms with Crippen LogP contribution in [0.5, 0.6) is 0 Å². The summed E-state index contributed by atoms with van der Waals surface area (Å²) in [6.45, 7) is 3.33. The molecule has 4 aromatic rings. The Morgan fingerprint density at radius 2 is 1.68 bits per heavy atom. The highest BCUT2D eigenvalue weighted by molar-refractivity contribution is 5.94. The fourth-order valence-corrected chi connectivity index (χ4v) is 4.43. The molecule has 0 saturated carbocycles. The van der Waals surface area contributed by atoms with Crippen molar-refractivity contribution in [3.05, 3.63) is 118 Å². The predicted octanol–water partition coefficient (Wildman–Crippen LogP) is 5.06. The summed E-state index contributed by atoms with van der Waals surface area (Å²) in [5.41, 5.74) is 2.86. The van der Waals surface area contributed by atoms with Gasteiger partial charge in [0.2, 0.25) is 0 Å². The third-order valence-electron chi connectivity index (χ3n) is 6.49. The lowest BCUT2D eigenvalue weighted by atomic mass is 10.1. The summed E-state index contributed by atoms with van der Waals surface area (Å²) >= 11 is 0. The highest BCUT2D eigenvalue weighted by Crippen LogP contribution is 2.25. The quantitative estimate of drug-likeness (QED) is 0.256. The first-order chi connectivity index (χ1) is 18.5. The van der Waals surface area contributed by atoms with E-state index in [-0.39, 0.29) is 17.4 Å². The lowest BCUT2D eigenvalue weighted by Crippen LogP contribution is -2.49. The van der Waals surface area contributed by atoms with Crippen LogP contribution in [0.1, 0.15) is 16.1 Å². The Morgan fingerprint density at radius 3 is 2.39 bits per heavy atom. The first kappa shape index (κ1) is 25.0. The molecule has 1 saturated heterocycles. The molecule has 0 unspecified atom stereocenters. The van der Waals surface area contributed by atoms with Crippen LogP contribution in [-0.4, -0.2) is 63.1 Å². The SMILES string of the molecule is O=C(c1cc(-c2ccc(F)cc2)nn1-c1cccc([N+](=O)[O-])c1)N1CCN(CC=Cc2ccccc2)CC1. The standard InChI is InChI=1S/C29H26FN5O3/c30-24-13-11-23(12-14-24)27-21-28(34(31-27)25-9-4-10-26(20-25)35(37)38)29(36)33-18-16-32(17-19-33)15-5-8-22-6-2-1-3-7-22/h1-14,20-21H,15-19H2. The maximum Gasteiger partial charge on any atom is 0.272 e. The van der Waals surface area contributed by atoms with Gasteiger partial charge >= 0.3 is 0 Å². The van der Waals surface area contributed by atoms with Crippen LogP contribution < -0.4 is 0 Å². The molecule has 3 aromatic carbocycles. The summed E-state index contributed by atoms with van der Waals surface area (Å²) in [6, 6.07) is 23.6. The van der Waals surface area contributed by atoms with Crippen molar-refractivity contribution < 1.29 is 14.1 Å². The molecule has 1 fully saturated rings. The number of hydrogen-bond acceptors (Lipinski definition) is 5. The number of carbonyl (C=O) groups excluding carboxylic acids is 1. The van der Waals surface area contributed by atoms with Crippen LogP contribution in [-0.2, 0) is 0 Å². The molecule has 38 heavy (non-hydrogen) atoms. The summed E-state index contributed by atoms with van der Waals surface area (Å²) in [5, 5.41) is 15.9. The molecule has 0 N–H and O–H groups in total. The summed E-state index contributed by atoms with van der Waals surface area (Å²) in [5.74, 6) is -0.587. The number of nitro benzene ring substituents is 1. The van der Waals surface area contributed by atoms with Gasteiger partial charge in [-0.2, -0.15) is 5.10 Å². The number of non-ortho nitro benzene ring substituents is 1. The molecular formula is C29H26FN5O3. The van der Waals surface area contributed by atoms with Gasteiger partial charge in [-0.3, -0.25) is 19.8 Å². The number of rotatable bonds is 7. The molecule has 5 rings (SSSR count). The van der Waals surface area contributed by atoms with Gasteiger partial charge in [-0.1, -0.05) is 48.6 Å². The van der Waals surface area contributed by atoms with Gasteiger partial charge in [-0.05, 0) is 42.0 Å². The van der Waals surface area contributed by atoms with Gasteiger partial charge < -0.3 is 4.90 Å². The van der Waals surface area contributed by atoms with E-state index in [0.29, 0.717) is 35.7 Å². The lowest BCUT2D eigenvalue weighted by Gasteiger charge is -2.34. The topological polar surface area (TPSA) is 84.5 Å². The van der Waals surface area contributed by atoms with Crippen molar-refractivity contribution >= 4 is 17.7 Å². The molecule has 0 atom stereocenters. The Balaban J connectivity index is 1.35. The summed E-state index contributed by atoms with van der Waals surface area (Å²) in [6.07, 6.45) is 4.21. The Labute approximate surface area is 219 Å². The van der Waals surface area contributed by atoms with Crippen molar-refractivity contribution in [2.45, 2.75) is 0 Å². The molecule has 2 heterocycles. The van der Waals surface area contributed by atoms with Crippen LogP contribution in [0, 0.1) is 15.9 Å². The van der Waals surface area contributed by atoms with Gasteiger partial charge in [0.05, 0.1) is 16.3 Å². The summed E-state index contributed by atoms with van der Waals surface area (Å²) in [7, 11) is 0. The predicted molar refractivity (Wildman–Crippen MR) is 143 cm³/mol. The number of hydrogen-bond donors (Lipinski definition) is 0. The molecule has 0 radical (unpaired) electrons. The number of halogens is 1. The zero-order chi connectivity index (χ0) is 26.5. The number of piperazine rings is 1. The van der Waals surface area contributed by atoms with E-state index in [9.17, 15) is 19.3 Å². The zero-order valence-corrected chi connectivity index (χ0v) is 20.6. The van der Waals surface area contributed by atoms with Crippen molar-refractivity contribution in [2.75, 3.05) is 32.7 Å². The van der Waals surface area contributed by atoms with E-state index in [1.54, 1.807) is 35.2 Å². The first-order valence-electron chi connectivity index (χ1n) is 12.3. The molecule has 1 aliphatic rings. The fourth-order valence-electron chi connectivity index (χ4n) is 4.43. The second-order valence-corrected chi connectivity index (χ2v) is 9.02. The van der Waals surface area contributed by atoms with Gasteiger partial charge in [0, 0.05) is 50.4 Å². The smallest absolute Gasteiger partial charge is 0.272 e. The second kappa shape index (κ2) is 11.2. The molecule has 0 aliphatic carbocycles. The van der Waals surface area contributed by atoms with Gasteiger partial charge in [-0.25, -0.2) is 9.07 Å². The van der Waals surface area contributed by atoms with Crippen LogP contribution in [0.15, 0.2) is 91.0 Å². The van der Waals surface area contributed by atoms with E-state index in [2.05, 4.69) is 34.3 Å². The van der Waals surface area contributed by atoms with Crippen molar-refractivity contribution in [1.29, 1.82) is 0 Å². The van der Waals surface area contributed by atoms with E-state index < -0.39 is 4.92 Å². The zero-order valence-electron chi connectivity index (χ0n) is 20.6. The third-order valence-corrected chi connectivity index (χ3v) is 6.49. The van der Waals surface area contributed by atoms with Gasteiger partial charge in [0.25, 0.3) is 11.6 Å². The van der Waals surface area contributed by atoms with Crippen LogP contribution >= 0.6 is 0 Å². The van der Waals surface area contributed by atoms with Crippen molar-refractivity contribution in [3.63, 3.8) is 0 Å². The number of aromatic nitrogens is 2. The van der Waals surface area contributed by atoms with Crippen LogP contribution in [0.2, 0.25) is 0 Å². The molecule has 8 nitrogen and oxygen atoms in total. The molecule has 1 aliphatic heterocycles. The second-order valence-electron chi connectivity index (χ2n) is 9.02. The monoisotopic (exact) mass is 511 g/mol. The normalized spacial score (nSPS) is 14.2. The molecule has 0 bridgehead atoms. The van der Waals surface area contributed by atoms with Gasteiger partial charge in [0.15, 0.2) is 0 Å². The molecular weight excluding hydrogens is 485 g/mol. The minimum absolute atomic E-state index is 0.100. The number of carbonyl (C=O) groups is 1. The minimum atomic E-state index is -0.485. The third kappa shape index (κ3) is 5.68. The average Bonchev–Trinajstić information content (AvgIpc) is 3.40. The van der Waals surface area contributed by atoms with E-state index in [4.69, 9.17) is 0 Å². The molecule has 1 amide bonds. The van der Waals surface area contributed by atoms with E-state index >= 15 is 0 Å². The Kier molecular flexibility index (Phi) is 7.37. The first-order valence-corrected chi connectivity index (χ1v) is 12.3. The maximum absolute atomic E-state index is 13.7. The van der Waals surface area contributed by atoms with E-state index in [1.165, 1.54) is 28.9 Å². The molecule has 1 aromatic heterocycles. The Hall–Kier alpha value is -4.63. The molecule has 9 heteroatoms. The summed E-state index contributed by atoms with van der Waals surface area (Å²) in [4.78, 5) is 28.6. The van der Waals surface area contributed by atoms with Gasteiger partial charge in [0.1, 0.15) is 11.5 Å². The number of nitro groups is 1. The molecule has 0 spiro atoms. The van der Waals surface area contributed by atoms with Crippen molar-refractivity contribution in [2.24, 2.45) is 0 Å². The van der Waals surface area contributed by atoms with Crippen molar-refractivity contribution in [3.8, 4) is 16.9 Å². The Bertz CT molecular complexity index is 1460. The van der Waals surface area contributed by atoms with E-state index in [0.717, 1.165) is 25.2 Å². The van der Waals surface area contributed by atoms with Gasteiger partial charge in [-0.15, -0.1) is 0 Å². The Morgan fingerprint density at radius 1 is 0.947 bits per heavy atom. The lowest BCUT2D eigenvalue weighted by molar-refractivity contribution is -0.384. The highest BCUT2D eigenvalue weighted by atomic mass is 19.1. The largest absolute Gasteiger partial charge is 0.335 e. The molecule has 192 valence electrons. The summed E-state index contributed by atoms with van der Waals surface area (Å²) < 4.78 is 14.9.